The molecular weight excluding hydrogens is 402 g/mol. The van der Waals surface area contributed by atoms with Crippen molar-refractivity contribution in [3.05, 3.63) is 52.0 Å². The van der Waals surface area contributed by atoms with Crippen LogP contribution in [0.1, 0.15) is 15.2 Å². The topological polar surface area (TPSA) is 88.2 Å². The Labute approximate surface area is 146 Å². The van der Waals surface area contributed by atoms with Gasteiger partial charge in [-0.15, -0.1) is 17.9 Å². The maximum atomic E-state index is 12.3. The van der Waals surface area contributed by atoms with Crippen LogP contribution < -0.4 is 10.0 Å². The lowest BCUT2D eigenvalue weighted by Gasteiger charge is -2.09. The monoisotopic (exact) mass is 415 g/mol. The van der Waals surface area contributed by atoms with Gasteiger partial charge < -0.3 is 0 Å². The lowest BCUT2D eigenvalue weighted by atomic mass is 10.2. The van der Waals surface area contributed by atoms with Gasteiger partial charge in [0.25, 0.3) is 5.91 Å². The standard InChI is InChI=1S/C14H14BrN3O3S2/c1-3-6-17-23(20,21)10-4-5-12(15)11(7-10)13(19)18-14-16-8-9(2)22-14/h3-5,7-8,17H,1,6H2,2H3,(H,16,18,19). The minimum absolute atomic E-state index is 0.00280. The maximum absolute atomic E-state index is 12.3. The van der Waals surface area contributed by atoms with Gasteiger partial charge in [-0.25, -0.2) is 18.1 Å². The predicted molar refractivity (Wildman–Crippen MR) is 94.3 cm³/mol. The van der Waals surface area contributed by atoms with Crippen LogP contribution in [0.4, 0.5) is 5.13 Å². The molecule has 0 spiro atoms. The highest BCUT2D eigenvalue weighted by Gasteiger charge is 2.18. The van der Waals surface area contributed by atoms with Crippen LogP contribution in [0.2, 0.25) is 0 Å². The van der Waals surface area contributed by atoms with Gasteiger partial charge in [-0.3, -0.25) is 10.1 Å². The minimum atomic E-state index is -3.70. The zero-order valence-corrected chi connectivity index (χ0v) is 15.4. The Kier molecular flexibility index (Phi) is 5.69. The van der Waals surface area contributed by atoms with E-state index in [0.29, 0.717) is 9.60 Å². The average Bonchev–Trinajstić information content (AvgIpc) is 2.90. The Bertz CT molecular complexity index is 847. The predicted octanol–water partition coefficient (Wildman–Crippen LogP) is 2.93. The summed E-state index contributed by atoms with van der Waals surface area (Å²) in [6.07, 6.45) is 3.09. The number of sulfonamides is 1. The Morgan fingerprint density at radius 1 is 1.48 bits per heavy atom. The van der Waals surface area contributed by atoms with E-state index in [9.17, 15) is 13.2 Å². The van der Waals surface area contributed by atoms with Gasteiger partial charge in [0.05, 0.1) is 10.5 Å². The van der Waals surface area contributed by atoms with Gasteiger partial charge in [0.15, 0.2) is 5.13 Å². The molecule has 6 nitrogen and oxygen atoms in total. The fraction of sp³-hybridized carbons (Fsp3) is 0.143. The van der Waals surface area contributed by atoms with Crippen LogP contribution >= 0.6 is 27.3 Å². The van der Waals surface area contributed by atoms with Crippen molar-refractivity contribution in [3.63, 3.8) is 0 Å². The zero-order valence-electron chi connectivity index (χ0n) is 12.2. The van der Waals surface area contributed by atoms with E-state index in [1.54, 1.807) is 6.20 Å². The summed E-state index contributed by atoms with van der Waals surface area (Å²) >= 11 is 4.60. The first-order chi connectivity index (χ1) is 10.8. The molecule has 2 N–H and O–H groups in total. The number of carbonyl (C=O) groups is 1. The first-order valence-electron chi connectivity index (χ1n) is 6.47. The summed E-state index contributed by atoms with van der Waals surface area (Å²) in [7, 11) is -3.70. The third-order valence-corrected chi connectivity index (χ3v) is 5.69. The molecule has 0 atom stereocenters. The number of amides is 1. The second kappa shape index (κ2) is 7.35. The molecule has 0 fully saturated rings. The number of thiazole rings is 1. The Morgan fingerprint density at radius 3 is 2.83 bits per heavy atom. The van der Waals surface area contributed by atoms with E-state index in [1.807, 2.05) is 6.92 Å². The van der Waals surface area contributed by atoms with Gasteiger partial charge in [-0.2, -0.15) is 0 Å². The van der Waals surface area contributed by atoms with Crippen molar-refractivity contribution in [3.8, 4) is 0 Å². The van der Waals surface area contributed by atoms with E-state index < -0.39 is 15.9 Å². The quantitative estimate of drug-likeness (QED) is 0.709. The van der Waals surface area contributed by atoms with E-state index >= 15 is 0 Å². The number of nitrogens with one attached hydrogen (secondary N) is 2. The van der Waals surface area contributed by atoms with Crippen molar-refractivity contribution in [2.24, 2.45) is 0 Å². The van der Waals surface area contributed by atoms with Crippen molar-refractivity contribution >= 4 is 48.3 Å². The van der Waals surface area contributed by atoms with Crippen LogP contribution in [-0.4, -0.2) is 25.9 Å². The highest BCUT2D eigenvalue weighted by atomic mass is 79.9. The lowest BCUT2D eigenvalue weighted by Crippen LogP contribution is -2.24. The molecule has 0 unspecified atom stereocenters. The molecule has 2 rings (SSSR count). The number of hydrogen-bond donors (Lipinski definition) is 2. The fourth-order valence-corrected chi connectivity index (χ4v) is 3.78. The van der Waals surface area contributed by atoms with Crippen molar-refractivity contribution in [2.45, 2.75) is 11.8 Å². The van der Waals surface area contributed by atoms with Gasteiger partial charge in [0, 0.05) is 22.1 Å². The van der Waals surface area contributed by atoms with E-state index in [1.165, 1.54) is 35.6 Å². The second-order valence-electron chi connectivity index (χ2n) is 4.51. The first kappa shape index (κ1) is 17.8. The van der Waals surface area contributed by atoms with Gasteiger partial charge in [-0.05, 0) is 41.1 Å². The van der Waals surface area contributed by atoms with Gasteiger partial charge in [0.2, 0.25) is 10.0 Å². The Morgan fingerprint density at radius 2 is 2.22 bits per heavy atom. The Balaban J connectivity index is 2.30. The highest BCUT2D eigenvalue weighted by Crippen LogP contribution is 2.23. The molecular formula is C14H14BrN3O3S2. The SMILES string of the molecule is C=CCNS(=O)(=O)c1ccc(Br)c(C(=O)Nc2ncc(C)s2)c1. The van der Waals surface area contributed by atoms with Crippen molar-refractivity contribution < 1.29 is 13.2 Å². The smallest absolute Gasteiger partial charge is 0.258 e. The highest BCUT2D eigenvalue weighted by molar-refractivity contribution is 9.10. The minimum Gasteiger partial charge on any atom is -0.298 e. The molecule has 0 aliphatic rings. The van der Waals surface area contributed by atoms with Gasteiger partial charge in [-0.1, -0.05) is 6.08 Å². The summed E-state index contributed by atoms with van der Waals surface area (Å²) in [5.74, 6) is -0.438. The summed E-state index contributed by atoms with van der Waals surface area (Å²) in [5, 5.41) is 3.10. The summed E-state index contributed by atoms with van der Waals surface area (Å²) in [6.45, 7) is 5.45. The number of hydrogen-bond acceptors (Lipinski definition) is 5. The summed E-state index contributed by atoms with van der Waals surface area (Å²) in [6, 6.07) is 4.25. The zero-order chi connectivity index (χ0) is 17.0. The van der Waals surface area contributed by atoms with Crippen LogP contribution in [0, 0.1) is 6.92 Å². The van der Waals surface area contributed by atoms with Crippen molar-refractivity contribution in [1.82, 2.24) is 9.71 Å². The van der Waals surface area contributed by atoms with E-state index in [4.69, 9.17) is 0 Å². The number of carbonyl (C=O) groups excluding carboxylic acids is 1. The van der Waals surface area contributed by atoms with Crippen LogP contribution in [0.3, 0.4) is 0 Å². The molecule has 0 saturated carbocycles. The van der Waals surface area contributed by atoms with E-state index in [-0.39, 0.29) is 17.0 Å². The number of rotatable bonds is 6. The molecule has 0 bridgehead atoms. The van der Waals surface area contributed by atoms with Crippen LogP contribution in [0.25, 0.3) is 0 Å². The maximum Gasteiger partial charge on any atom is 0.258 e. The largest absolute Gasteiger partial charge is 0.298 e. The number of anilines is 1. The molecule has 9 heteroatoms. The third-order valence-electron chi connectivity index (χ3n) is 2.75. The molecule has 0 aliphatic carbocycles. The number of benzene rings is 1. The van der Waals surface area contributed by atoms with Gasteiger partial charge >= 0.3 is 0 Å². The molecule has 0 radical (unpaired) electrons. The molecule has 1 amide bonds. The van der Waals surface area contributed by atoms with E-state index in [2.05, 4.69) is 37.5 Å². The average molecular weight is 416 g/mol. The second-order valence-corrected chi connectivity index (χ2v) is 8.37. The molecule has 1 aromatic carbocycles. The van der Waals surface area contributed by atoms with Crippen LogP contribution in [0.5, 0.6) is 0 Å². The molecule has 1 heterocycles. The number of halogens is 1. The number of nitrogens with zero attached hydrogens (tertiary/aromatic N) is 1. The third kappa shape index (κ3) is 4.47. The van der Waals surface area contributed by atoms with Crippen LogP contribution in [-0.2, 0) is 10.0 Å². The molecule has 0 aliphatic heterocycles. The van der Waals surface area contributed by atoms with E-state index in [0.717, 1.165) is 4.88 Å². The number of aryl methyl sites for hydroxylation is 1. The number of aromatic nitrogens is 1. The summed E-state index contributed by atoms with van der Waals surface area (Å²) in [5.41, 5.74) is 0.208. The first-order valence-corrected chi connectivity index (χ1v) is 9.56. The molecule has 2 aromatic rings. The lowest BCUT2D eigenvalue weighted by molar-refractivity contribution is 0.102. The van der Waals surface area contributed by atoms with Gasteiger partial charge in [0.1, 0.15) is 0 Å². The van der Waals surface area contributed by atoms with Crippen molar-refractivity contribution in [1.29, 1.82) is 0 Å². The Hall–Kier alpha value is -1.55. The molecule has 23 heavy (non-hydrogen) atoms. The normalized spacial score (nSPS) is 11.2. The molecule has 122 valence electrons. The fourth-order valence-electron chi connectivity index (χ4n) is 1.67. The van der Waals surface area contributed by atoms with Crippen LogP contribution in [0.15, 0.2) is 46.4 Å². The summed E-state index contributed by atoms with van der Waals surface area (Å²) < 4.78 is 27.1. The van der Waals surface area contributed by atoms with Crippen molar-refractivity contribution in [2.75, 3.05) is 11.9 Å². The summed E-state index contributed by atoms with van der Waals surface area (Å²) in [4.78, 5) is 17.3. The molecule has 0 saturated heterocycles. The molecule has 1 aromatic heterocycles.